The highest BCUT2D eigenvalue weighted by Crippen LogP contribution is 2.30. The Labute approximate surface area is 174 Å². The maximum Gasteiger partial charge on any atom is 0.289 e. The van der Waals surface area contributed by atoms with Gasteiger partial charge in [-0.25, -0.2) is 0 Å². The van der Waals surface area contributed by atoms with Crippen LogP contribution in [0.15, 0.2) is 41.0 Å². The van der Waals surface area contributed by atoms with Gasteiger partial charge in [-0.05, 0) is 51.1 Å². The van der Waals surface area contributed by atoms with Crippen LogP contribution in [0.5, 0.6) is 0 Å². The van der Waals surface area contributed by atoms with Gasteiger partial charge in [0, 0.05) is 37.3 Å². The lowest BCUT2D eigenvalue weighted by Gasteiger charge is -2.34. The van der Waals surface area contributed by atoms with E-state index in [0.29, 0.717) is 37.3 Å². The molecule has 2 aliphatic rings. The summed E-state index contributed by atoms with van der Waals surface area (Å²) in [6, 6.07) is 7.91. The molecule has 0 radical (unpaired) electrons. The van der Waals surface area contributed by atoms with Crippen molar-refractivity contribution in [2.45, 2.75) is 26.3 Å². The van der Waals surface area contributed by atoms with Crippen molar-refractivity contribution in [1.82, 2.24) is 14.7 Å². The molecule has 1 fully saturated rings. The summed E-state index contributed by atoms with van der Waals surface area (Å²) < 4.78 is 5.15. The summed E-state index contributed by atoms with van der Waals surface area (Å²) in [5, 5.41) is 0. The minimum Gasteiger partial charge on any atom is -0.459 e. The van der Waals surface area contributed by atoms with Crippen molar-refractivity contribution in [3.63, 3.8) is 0 Å². The van der Waals surface area contributed by atoms with Gasteiger partial charge < -0.3 is 14.2 Å². The number of benzene rings is 1. The highest BCUT2D eigenvalue weighted by atomic mass is 16.3. The van der Waals surface area contributed by atoms with Crippen molar-refractivity contribution >= 4 is 23.6 Å². The largest absolute Gasteiger partial charge is 0.459 e. The van der Waals surface area contributed by atoms with E-state index < -0.39 is 5.54 Å². The Morgan fingerprint density at radius 2 is 1.47 bits per heavy atom. The van der Waals surface area contributed by atoms with Crippen LogP contribution in [-0.2, 0) is 0 Å². The number of carbonyl (C=O) groups excluding carboxylic acids is 4. The summed E-state index contributed by atoms with van der Waals surface area (Å²) in [6.07, 6.45) is 1.45. The topological polar surface area (TPSA) is 91.1 Å². The highest BCUT2D eigenvalue weighted by Gasteiger charge is 2.42. The molecule has 3 heterocycles. The fourth-order valence-electron chi connectivity index (χ4n) is 3.83. The van der Waals surface area contributed by atoms with Gasteiger partial charge in [-0.3, -0.25) is 24.1 Å². The number of furan rings is 1. The zero-order chi connectivity index (χ0) is 21.6. The quantitative estimate of drug-likeness (QED) is 0.710. The van der Waals surface area contributed by atoms with Gasteiger partial charge in [0.2, 0.25) is 0 Å². The van der Waals surface area contributed by atoms with Gasteiger partial charge in [-0.15, -0.1) is 0 Å². The van der Waals surface area contributed by atoms with Crippen LogP contribution in [-0.4, -0.2) is 70.0 Å². The first kappa shape index (κ1) is 19.9. The molecule has 8 heteroatoms. The van der Waals surface area contributed by atoms with Gasteiger partial charge in [-0.1, -0.05) is 0 Å². The van der Waals surface area contributed by atoms with E-state index in [2.05, 4.69) is 0 Å². The second-order valence-corrected chi connectivity index (χ2v) is 8.44. The molecular weight excluding hydrogens is 386 g/mol. The first-order valence-corrected chi connectivity index (χ1v) is 9.83. The Balaban J connectivity index is 1.47. The summed E-state index contributed by atoms with van der Waals surface area (Å²) in [5.41, 5.74) is 0.290. The van der Waals surface area contributed by atoms with Gasteiger partial charge in [0.25, 0.3) is 23.6 Å². The lowest BCUT2D eigenvalue weighted by atomic mass is 10.0. The lowest BCUT2D eigenvalue weighted by molar-refractivity contribution is 0.0506. The molecular formula is C22H23N3O5. The summed E-state index contributed by atoms with van der Waals surface area (Å²) >= 11 is 0. The number of amides is 4. The van der Waals surface area contributed by atoms with Crippen molar-refractivity contribution in [3.8, 4) is 0 Å². The Kier molecular flexibility index (Phi) is 4.72. The molecule has 0 bridgehead atoms. The summed E-state index contributed by atoms with van der Waals surface area (Å²) in [6.45, 7) is 6.93. The van der Waals surface area contributed by atoms with E-state index in [1.807, 2.05) is 0 Å². The predicted octanol–water partition coefficient (Wildman–Crippen LogP) is 2.27. The normalized spacial score (nSPS) is 16.8. The van der Waals surface area contributed by atoms with Crippen LogP contribution in [0.25, 0.3) is 0 Å². The van der Waals surface area contributed by atoms with Crippen molar-refractivity contribution < 1.29 is 23.6 Å². The average molecular weight is 409 g/mol. The van der Waals surface area contributed by atoms with Crippen LogP contribution >= 0.6 is 0 Å². The summed E-state index contributed by atoms with van der Waals surface area (Å²) in [5.74, 6) is -0.870. The van der Waals surface area contributed by atoms with E-state index >= 15 is 0 Å². The maximum atomic E-state index is 13.0. The fourth-order valence-corrected chi connectivity index (χ4v) is 3.83. The molecule has 0 spiro atoms. The van der Waals surface area contributed by atoms with Crippen LogP contribution in [0.4, 0.5) is 0 Å². The molecule has 1 aromatic heterocycles. The molecule has 30 heavy (non-hydrogen) atoms. The van der Waals surface area contributed by atoms with Crippen molar-refractivity contribution in [2.75, 3.05) is 26.2 Å². The van der Waals surface area contributed by atoms with Crippen LogP contribution < -0.4 is 0 Å². The molecule has 0 atom stereocenters. The number of fused-ring (bicyclic) bond motifs is 1. The lowest BCUT2D eigenvalue weighted by Crippen LogP contribution is -2.50. The molecule has 1 saturated heterocycles. The molecule has 156 valence electrons. The first-order chi connectivity index (χ1) is 14.2. The molecule has 8 nitrogen and oxygen atoms in total. The number of hydrogen-bond donors (Lipinski definition) is 0. The molecule has 1 aromatic carbocycles. The van der Waals surface area contributed by atoms with Gasteiger partial charge in [0.15, 0.2) is 5.76 Å². The SMILES string of the molecule is CC(C)(C)N1C(=O)c2ccc(C(=O)N3CCN(C(=O)c4ccco4)CC3)cc2C1=O. The van der Waals surface area contributed by atoms with E-state index in [4.69, 9.17) is 4.42 Å². The van der Waals surface area contributed by atoms with Gasteiger partial charge in [-0.2, -0.15) is 0 Å². The van der Waals surface area contributed by atoms with Crippen LogP contribution in [0.2, 0.25) is 0 Å². The highest BCUT2D eigenvalue weighted by molar-refractivity contribution is 6.22. The number of hydrogen-bond acceptors (Lipinski definition) is 5. The number of carbonyl (C=O) groups is 4. The number of piperazine rings is 1. The average Bonchev–Trinajstić information content (AvgIpc) is 3.34. The third kappa shape index (κ3) is 3.28. The van der Waals surface area contributed by atoms with Crippen LogP contribution in [0.3, 0.4) is 0 Å². The maximum absolute atomic E-state index is 13.0. The third-order valence-electron chi connectivity index (χ3n) is 5.39. The molecule has 2 aliphatic heterocycles. The van der Waals surface area contributed by atoms with Crippen LogP contribution in [0, 0.1) is 0 Å². The summed E-state index contributed by atoms with van der Waals surface area (Å²) in [7, 11) is 0. The second kappa shape index (κ2) is 7.12. The predicted molar refractivity (Wildman–Crippen MR) is 107 cm³/mol. The third-order valence-corrected chi connectivity index (χ3v) is 5.39. The van der Waals surface area contributed by atoms with Crippen molar-refractivity contribution in [3.05, 3.63) is 59.0 Å². The zero-order valence-corrected chi connectivity index (χ0v) is 17.2. The number of imide groups is 1. The Bertz CT molecular complexity index is 1030. The second-order valence-electron chi connectivity index (χ2n) is 8.44. The monoisotopic (exact) mass is 409 g/mol. The Morgan fingerprint density at radius 1 is 0.867 bits per heavy atom. The van der Waals surface area contributed by atoms with E-state index in [0.717, 1.165) is 0 Å². The minimum atomic E-state index is -0.645. The summed E-state index contributed by atoms with van der Waals surface area (Å²) in [4.78, 5) is 55.2. The molecule has 2 aromatic rings. The Morgan fingerprint density at radius 3 is 2.03 bits per heavy atom. The van der Waals surface area contributed by atoms with Crippen LogP contribution in [0.1, 0.15) is 62.4 Å². The van der Waals surface area contributed by atoms with E-state index in [9.17, 15) is 19.2 Å². The molecule has 0 unspecified atom stereocenters. The van der Waals surface area contributed by atoms with Gasteiger partial charge in [0.1, 0.15) is 0 Å². The molecule has 4 amide bonds. The standard InChI is InChI=1S/C22H23N3O5/c1-22(2,3)25-19(27)15-7-6-14(13-16(15)20(25)28)18(26)23-8-10-24(11-9-23)21(29)17-5-4-12-30-17/h4-7,12-13H,8-11H2,1-3H3. The van der Waals surface area contributed by atoms with E-state index in [-0.39, 0.29) is 35.0 Å². The number of rotatable bonds is 2. The van der Waals surface area contributed by atoms with Gasteiger partial charge >= 0.3 is 0 Å². The van der Waals surface area contributed by atoms with E-state index in [1.54, 1.807) is 54.8 Å². The van der Waals surface area contributed by atoms with Crippen molar-refractivity contribution in [2.24, 2.45) is 0 Å². The van der Waals surface area contributed by atoms with Crippen molar-refractivity contribution in [1.29, 1.82) is 0 Å². The van der Waals surface area contributed by atoms with E-state index in [1.165, 1.54) is 17.2 Å². The minimum absolute atomic E-state index is 0.198. The molecule has 0 saturated carbocycles. The van der Waals surface area contributed by atoms with Gasteiger partial charge in [0.05, 0.1) is 17.4 Å². The first-order valence-electron chi connectivity index (χ1n) is 9.83. The molecule has 0 N–H and O–H groups in total. The zero-order valence-electron chi connectivity index (χ0n) is 17.2. The number of nitrogens with zero attached hydrogens (tertiary/aromatic N) is 3. The Hall–Kier alpha value is -3.42. The molecule has 0 aliphatic carbocycles. The smallest absolute Gasteiger partial charge is 0.289 e. The fraction of sp³-hybridized carbons (Fsp3) is 0.364. The molecule has 4 rings (SSSR count).